The summed E-state index contributed by atoms with van der Waals surface area (Å²) in [5, 5.41) is 6.52. The topological polar surface area (TPSA) is 73.8 Å². The number of rotatable bonds is 7. The summed E-state index contributed by atoms with van der Waals surface area (Å²) in [4.78, 5) is 6.80. The van der Waals surface area contributed by atoms with Crippen LogP contribution in [0.2, 0.25) is 0 Å². The molecule has 1 heterocycles. The third-order valence-corrected chi connectivity index (χ3v) is 6.35. The van der Waals surface area contributed by atoms with Crippen LogP contribution in [0.15, 0.2) is 29.3 Å². The monoisotopic (exact) mass is 526 g/mol. The van der Waals surface area contributed by atoms with Crippen molar-refractivity contribution in [2.24, 2.45) is 4.99 Å². The molecule has 1 aliphatic heterocycles. The van der Waals surface area contributed by atoms with E-state index < -0.39 is 9.84 Å². The van der Waals surface area contributed by atoms with Crippen molar-refractivity contribution in [1.82, 2.24) is 15.5 Å². The first-order valence-electron chi connectivity index (χ1n) is 9.43. The maximum absolute atomic E-state index is 13.5. The smallest absolute Gasteiger partial charge is 0.191 e. The lowest BCUT2D eigenvalue weighted by molar-refractivity contribution is 0.299. The van der Waals surface area contributed by atoms with E-state index in [-0.39, 0.29) is 46.7 Å². The van der Waals surface area contributed by atoms with Crippen molar-refractivity contribution in [3.8, 4) is 0 Å². The normalized spacial score (nSPS) is 17.6. The fraction of sp³-hybridized carbons (Fsp3) is 0.632. The molecule has 0 unspecified atom stereocenters. The molecule has 6 nitrogen and oxygen atoms in total. The van der Waals surface area contributed by atoms with E-state index in [1.54, 1.807) is 12.1 Å². The first kappa shape index (κ1) is 25.1. The summed E-state index contributed by atoms with van der Waals surface area (Å²) in [6.45, 7) is 9.99. The average molecular weight is 526 g/mol. The van der Waals surface area contributed by atoms with Crippen LogP contribution in [-0.4, -0.2) is 70.1 Å². The minimum atomic E-state index is -2.84. The van der Waals surface area contributed by atoms with Gasteiger partial charge in [-0.15, -0.1) is 24.0 Å². The van der Waals surface area contributed by atoms with Crippen molar-refractivity contribution in [1.29, 1.82) is 0 Å². The highest BCUT2D eigenvalue weighted by Crippen LogP contribution is 2.24. The second-order valence-electron chi connectivity index (χ2n) is 7.51. The van der Waals surface area contributed by atoms with Gasteiger partial charge in [-0.2, -0.15) is 0 Å². The van der Waals surface area contributed by atoms with Gasteiger partial charge in [0.05, 0.1) is 18.1 Å². The minimum absolute atomic E-state index is 0. The van der Waals surface area contributed by atoms with Gasteiger partial charge in [-0.1, -0.05) is 26.0 Å². The van der Waals surface area contributed by atoms with Crippen LogP contribution in [-0.2, 0) is 15.3 Å². The predicted molar refractivity (Wildman–Crippen MR) is 124 cm³/mol. The number of halogens is 2. The molecule has 2 N–H and O–H groups in total. The molecule has 1 fully saturated rings. The number of sulfone groups is 1. The van der Waals surface area contributed by atoms with E-state index in [9.17, 15) is 12.8 Å². The number of nitrogens with one attached hydrogen (secondary N) is 2. The molecule has 0 atom stereocenters. The van der Waals surface area contributed by atoms with E-state index in [0.717, 1.165) is 18.7 Å². The second-order valence-corrected chi connectivity index (χ2v) is 9.81. The summed E-state index contributed by atoms with van der Waals surface area (Å²) >= 11 is 0. The van der Waals surface area contributed by atoms with E-state index in [0.29, 0.717) is 32.1 Å². The lowest BCUT2D eigenvalue weighted by atomic mass is 9.85. The second kappa shape index (κ2) is 11.3. The molecule has 1 aromatic rings. The molecule has 1 aromatic carbocycles. The molecule has 160 valence electrons. The first-order chi connectivity index (χ1) is 12.7. The van der Waals surface area contributed by atoms with Crippen LogP contribution in [0.4, 0.5) is 4.39 Å². The molecule has 9 heteroatoms. The lowest BCUT2D eigenvalue weighted by Crippen LogP contribution is -2.46. The highest BCUT2D eigenvalue weighted by molar-refractivity contribution is 14.0. The third-order valence-electron chi connectivity index (χ3n) is 4.74. The van der Waals surface area contributed by atoms with Gasteiger partial charge in [0.15, 0.2) is 15.8 Å². The van der Waals surface area contributed by atoms with Gasteiger partial charge in [-0.25, -0.2) is 12.8 Å². The van der Waals surface area contributed by atoms with E-state index in [2.05, 4.69) is 20.5 Å². The molecule has 1 aliphatic rings. The van der Waals surface area contributed by atoms with Gasteiger partial charge in [0, 0.05) is 38.1 Å². The Hall–Kier alpha value is -0.940. The Bertz CT molecular complexity index is 742. The van der Waals surface area contributed by atoms with E-state index >= 15 is 0 Å². The van der Waals surface area contributed by atoms with Crippen LogP contribution >= 0.6 is 24.0 Å². The van der Waals surface area contributed by atoms with E-state index in [4.69, 9.17) is 0 Å². The zero-order valence-corrected chi connectivity index (χ0v) is 20.0. The summed E-state index contributed by atoms with van der Waals surface area (Å²) in [5.74, 6) is 0.955. The summed E-state index contributed by atoms with van der Waals surface area (Å²) in [6, 6.07) is 6.64. The molecule has 0 aromatic heterocycles. The molecule has 2 rings (SSSR count). The molecule has 1 saturated heterocycles. The van der Waals surface area contributed by atoms with Crippen molar-refractivity contribution in [2.45, 2.75) is 26.2 Å². The summed E-state index contributed by atoms with van der Waals surface area (Å²) in [5.41, 5.74) is 0.628. The Morgan fingerprint density at radius 1 is 1.25 bits per heavy atom. The summed E-state index contributed by atoms with van der Waals surface area (Å²) < 4.78 is 36.5. The molecular weight excluding hydrogens is 494 g/mol. The standard InChI is InChI=1S/C19H31FN4O2S.HI/c1-4-21-18(22-8-9-24-10-12-27(25,26)13-11-24)23-15-19(2,3)16-6-5-7-17(20)14-16;/h5-7,14H,4,8-13,15H2,1-3H3,(H2,21,22,23);1H. The number of benzene rings is 1. The van der Waals surface area contributed by atoms with Crippen LogP contribution < -0.4 is 10.6 Å². The first-order valence-corrected chi connectivity index (χ1v) is 11.2. The SMILES string of the molecule is CCNC(=NCC(C)(C)c1cccc(F)c1)NCCN1CCS(=O)(=O)CC1.I. The number of nitrogens with zero attached hydrogens (tertiary/aromatic N) is 2. The molecule has 0 radical (unpaired) electrons. The molecule has 0 amide bonds. The Morgan fingerprint density at radius 3 is 2.54 bits per heavy atom. The van der Waals surface area contributed by atoms with E-state index in [1.807, 2.05) is 26.8 Å². The average Bonchev–Trinajstić information content (AvgIpc) is 2.61. The fourth-order valence-electron chi connectivity index (χ4n) is 2.93. The fourth-order valence-corrected chi connectivity index (χ4v) is 4.20. The molecule has 0 bridgehead atoms. The molecule has 0 saturated carbocycles. The van der Waals surface area contributed by atoms with Crippen molar-refractivity contribution in [3.05, 3.63) is 35.6 Å². The van der Waals surface area contributed by atoms with E-state index in [1.165, 1.54) is 6.07 Å². The highest BCUT2D eigenvalue weighted by atomic mass is 127. The Kier molecular flexibility index (Phi) is 10.1. The van der Waals surface area contributed by atoms with Gasteiger partial charge in [-0.05, 0) is 24.6 Å². The molecule has 0 spiro atoms. The van der Waals surface area contributed by atoms with Gasteiger partial charge in [-0.3, -0.25) is 9.89 Å². The summed E-state index contributed by atoms with van der Waals surface area (Å²) in [6.07, 6.45) is 0. The third kappa shape index (κ3) is 8.20. The van der Waals surface area contributed by atoms with Gasteiger partial charge in [0.25, 0.3) is 0 Å². The molecule has 28 heavy (non-hydrogen) atoms. The van der Waals surface area contributed by atoms with Gasteiger partial charge in [0.2, 0.25) is 0 Å². The van der Waals surface area contributed by atoms with Gasteiger partial charge < -0.3 is 10.6 Å². The van der Waals surface area contributed by atoms with Gasteiger partial charge >= 0.3 is 0 Å². The Morgan fingerprint density at radius 2 is 1.93 bits per heavy atom. The number of aliphatic imine (C=N–C) groups is 1. The summed E-state index contributed by atoms with van der Waals surface area (Å²) in [7, 11) is -2.84. The maximum atomic E-state index is 13.5. The minimum Gasteiger partial charge on any atom is -0.357 e. The van der Waals surface area contributed by atoms with Gasteiger partial charge in [0.1, 0.15) is 5.82 Å². The van der Waals surface area contributed by atoms with Crippen LogP contribution in [0, 0.1) is 5.82 Å². The lowest BCUT2D eigenvalue weighted by Gasteiger charge is -2.27. The molecule has 0 aliphatic carbocycles. The largest absolute Gasteiger partial charge is 0.357 e. The van der Waals surface area contributed by atoms with Crippen LogP contribution in [0.3, 0.4) is 0 Å². The van der Waals surface area contributed by atoms with Crippen molar-refractivity contribution in [3.63, 3.8) is 0 Å². The molecular formula is C19H32FIN4O2S. The number of hydrogen-bond donors (Lipinski definition) is 2. The van der Waals surface area contributed by atoms with Crippen LogP contribution in [0.25, 0.3) is 0 Å². The number of hydrogen-bond acceptors (Lipinski definition) is 4. The van der Waals surface area contributed by atoms with Crippen LogP contribution in [0.5, 0.6) is 0 Å². The quantitative estimate of drug-likeness (QED) is 0.323. The maximum Gasteiger partial charge on any atom is 0.191 e. The highest BCUT2D eigenvalue weighted by Gasteiger charge is 2.22. The van der Waals surface area contributed by atoms with Crippen molar-refractivity contribution >= 4 is 39.8 Å². The zero-order chi connectivity index (χ0) is 19.9. The van der Waals surface area contributed by atoms with Crippen LogP contribution in [0.1, 0.15) is 26.3 Å². The van der Waals surface area contributed by atoms with Crippen molar-refractivity contribution < 1.29 is 12.8 Å². The Balaban J connectivity index is 0.00000392. The Labute approximate surface area is 185 Å². The number of guanidine groups is 1. The zero-order valence-electron chi connectivity index (χ0n) is 16.9. The van der Waals surface area contributed by atoms with Crippen molar-refractivity contribution in [2.75, 3.05) is 50.8 Å². The predicted octanol–water partition coefficient (Wildman–Crippen LogP) is 2.01.